The summed E-state index contributed by atoms with van der Waals surface area (Å²) < 4.78 is 2.05. The smallest absolute Gasteiger partial charge is 0.235 e. The van der Waals surface area contributed by atoms with Crippen molar-refractivity contribution in [3.05, 3.63) is 90.3 Å². The molecule has 6 nitrogen and oxygen atoms in total. The third-order valence-corrected chi connectivity index (χ3v) is 7.86. The maximum atomic E-state index is 13.4. The number of benzene rings is 2. The number of aromatic nitrogens is 4. The maximum absolute atomic E-state index is 13.4. The number of likely N-dealkylation sites (tertiary alicyclic amines) is 1. The Labute approximate surface area is 216 Å². The second kappa shape index (κ2) is 11.1. The molecule has 5 rings (SSSR count). The van der Waals surface area contributed by atoms with E-state index in [0.717, 1.165) is 55.0 Å². The third kappa shape index (κ3) is 5.36. The minimum absolute atomic E-state index is 0.167. The highest BCUT2D eigenvalue weighted by Crippen LogP contribution is 2.32. The van der Waals surface area contributed by atoms with E-state index in [1.54, 1.807) is 12.4 Å². The summed E-state index contributed by atoms with van der Waals surface area (Å²) in [4.78, 5) is 19.7. The van der Waals surface area contributed by atoms with Crippen molar-refractivity contribution in [1.29, 1.82) is 0 Å². The Balaban J connectivity index is 1.30. The van der Waals surface area contributed by atoms with Crippen LogP contribution in [0, 0.1) is 12.8 Å². The number of nitrogens with zero attached hydrogens (tertiary/aromatic N) is 5. The van der Waals surface area contributed by atoms with Gasteiger partial charge in [-0.25, -0.2) is 0 Å². The molecule has 0 bridgehead atoms. The van der Waals surface area contributed by atoms with Gasteiger partial charge in [-0.3, -0.25) is 14.3 Å². The number of para-hydroxylation sites is 1. The number of rotatable bonds is 7. The number of pyridine rings is 1. The van der Waals surface area contributed by atoms with Crippen molar-refractivity contribution in [2.75, 3.05) is 13.1 Å². The van der Waals surface area contributed by atoms with Crippen molar-refractivity contribution < 1.29 is 4.79 Å². The van der Waals surface area contributed by atoms with Crippen LogP contribution in [-0.4, -0.2) is 48.9 Å². The molecule has 7 heteroatoms. The highest BCUT2D eigenvalue weighted by molar-refractivity contribution is 8.00. The number of amides is 1. The molecule has 0 unspecified atom stereocenters. The van der Waals surface area contributed by atoms with Crippen molar-refractivity contribution in [3.63, 3.8) is 0 Å². The molecule has 1 saturated heterocycles. The fraction of sp³-hybridized carbons (Fsp3) is 0.310. The van der Waals surface area contributed by atoms with E-state index in [0.29, 0.717) is 11.1 Å². The van der Waals surface area contributed by atoms with E-state index in [4.69, 9.17) is 0 Å². The van der Waals surface area contributed by atoms with E-state index in [1.165, 1.54) is 17.3 Å². The van der Waals surface area contributed by atoms with Crippen LogP contribution < -0.4 is 0 Å². The SMILES string of the molecule is Cc1ccccc1-n1c(S[C@@H](C)C(=O)N2CCC(Cc3ccccc3)CC2)nnc1-c1cccnc1. The molecule has 0 spiro atoms. The lowest BCUT2D eigenvalue weighted by Gasteiger charge is -2.33. The van der Waals surface area contributed by atoms with Crippen LogP contribution in [0.25, 0.3) is 17.1 Å². The number of thioether (sulfide) groups is 1. The second-order valence-corrected chi connectivity index (χ2v) is 10.7. The van der Waals surface area contributed by atoms with Gasteiger partial charge in [0.1, 0.15) is 0 Å². The maximum Gasteiger partial charge on any atom is 0.235 e. The predicted molar refractivity (Wildman–Crippen MR) is 144 cm³/mol. The zero-order valence-corrected chi connectivity index (χ0v) is 21.6. The zero-order chi connectivity index (χ0) is 24.9. The van der Waals surface area contributed by atoms with E-state index in [1.807, 2.05) is 40.7 Å². The van der Waals surface area contributed by atoms with Gasteiger partial charge in [0.15, 0.2) is 11.0 Å². The Morgan fingerprint density at radius 3 is 2.47 bits per heavy atom. The van der Waals surface area contributed by atoms with Crippen LogP contribution in [0.15, 0.2) is 84.3 Å². The summed E-state index contributed by atoms with van der Waals surface area (Å²) in [5, 5.41) is 9.47. The number of hydrogen-bond donors (Lipinski definition) is 0. The largest absolute Gasteiger partial charge is 0.342 e. The first-order valence-electron chi connectivity index (χ1n) is 12.5. The van der Waals surface area contributed by atoms with Gasteiger partial charge in [-0.2, -0.15) is 0 Å². The van der Waals surface area contributed by atoms with Crippen LogP contribution >= 0.6 is 11.8 Å². The highest BCUT2D eigenvalue weighted by atomic mass is 32.2. The summed E-state index contributed by atoms with van der Waals surface area (Å²) in [5.41, 5.74) is 4.39. The minimum atomic E-state index is -0.260. The van der Waals surface area contributed by atoms with E-state index < -0.39 is 0 Å². The molecule has 184 valence electrons. The Morgan fingerprint density at radius 2 is 1.75 bits per heavy atom. The molecular formula is C29H31N5OS. The summed E-state index contributed by atoms with van der Waals surface area (Å²) in [6, 6.07) is 22.7. The predicted octanol–water partition coefficient (Wildman–Crippen LogP) is 5.60. The molecule has 36 heavy (non-hydrogen) atoms. The third-order valence-electron chi connectivity index (χ3n) is 6.83. The quantitative estimate of drug-likeness (QED) is 0.311. The summed E-state index contributed by atoms with van der Waals surface area (Å²) >= 11 is 1.47. The van der Waals surface area contributed by atoms with Gasteiger partial charge in [-0.1, -0.05) is 60.3 Å². The van der Waals surface area contributed by atoms with Crippen LogP contribution in [0.3, 0.4) is 0 Å². The highest BCUT2D eigenvalue weighted by Gasteiger charge is 2.29. The van der Waals surface area contributed by atoms with Gasteiger partial charge >= 0.3 is 0 Å². The van der Waals surface area contributed by atoms with Crippen LogP contribution in [0.2, 0.25) is 0 Å². The Hall–Kier alpha value is -3.45. The van der Waals surface area contributed by atoms with Crippen molar-refractivity contribution in [3.8, 4) is 17.1 Å². The van der Waals surface area contributed by atoms with Gasteiger partial charge in [0.05, 0.1) is 10.9 Å². The average molecular weight is 498 g/mol. The second-order valence-electron chi connectivity index (χ2n) is 9.39. The van der Waals surface area contributed by atoms with Crippen LogP contribution in [-0.2, 0) is 11.2 Å². The summed E-state index contributed by atoms with van der Waals surface area (Å²) in [6.45, 7) is 5.67. The van der Waals surface area contributed by atoms with Crippen LogP contribution in [0.1, 0.15) is 30.9 Å². The number of carbonyl (C=O) groups excluding carboxylic acids is 1. The molecule has 1 aliphatic heterocycles. The molecule has 4 aromatic rings. The molecule has 0 radical (unpaired) electrons. The standard InChI is InChI=1S/C29H31N5OS/c1-21-9-6-7-13-26(21)34-27(25-12-8-16-30-20-25)31-32-29(34)36-22(2)28(35)33-17-14-24(15-18-33)19-23-10-4-3-5-11-23/h3-13,16,20,22,24H,14-15,17-19H2,1-2H3/t22-/m0/s1. The van der Waals surface area contributed by atoms with Gasteiger partial charge < -0.3 is 4.90 Å². The number of aryl methyl sites for hydroxylation is 1. The molecule has 0 N–H and O–H groups in total. The van der Waals surface area contributed by atoms with Gasteiger partial charge in [-0.05, 0) is 68.4 Å². The van der Waals surface area contributed by atoms with Crippen molar-refractivity contribution in [2.24, 2.45) is 5.92 Å². The van der Waals surface area contributed by atoms with Crippen molar-refractivity contribution >= 4 is 17.7 Å². The monoisotopic (exact) mass is 497 g/mol. The van der Waals surface area contributed by atoms with Crippen molar-refractivity contribution in [1.82, 2.24) is 24.6 Å². The molecular weight excluding hydrogens is 466 g/mol. The number of piperidine rings is 1. The molecule has 0 aliphatic carbocycles. The average Bonchev–Trinajstić information content (AvgIpc) is 3.33. The van der Waals surface area contributed by atoms with Gasteiger partial charge in [-0.15, -0.1) is 10.2 Å². The minimum Gasteiger partial charge on any atom is -0.342 e. The van der Waals surface area contributed by atoms with E-state index in [9.17, 15) is 4.79 Å². The fourth-order valence-corrected chi connectivity index (χ4v) is 5.77. The Kier molecular flexibility index (Phi) is 7.47. The summed E-state index contributed by atoms with van der Waals surface area (Å²) in [7, 11) is 0. The summed E-state index contributed by atoms with van der Waals surface area (Å²) in [5.74, 6) is 1.52. The summed E-state index contributed by atoms with van der Waals surface area (Å²) in [6.07, 6.45) is 6.72. The van der Waals surface area contributed by atoms with Crippen LogP contribution in [0.4, 0.5) is 0 Å². The molecule has 3 heterocycles. The first-order valence-corrected chi connectivity index (χ1v) is 13.4. The Morgan fingerprint density at radius 1 is 1.00 bits per heavy atom. The van der Waals surface area contributed by atoms with E-state index in [-0.39, 0.29) is 11.2 Å². The Bertz CT molecular complexity index is 1300. The molecule has 1 atom stereocenters. The zero-order valence-electron chi connectivity index (χ0n) is 20.7. The van der Waals surface area contributed by atoms with Gasteiger partial charge in [0.25, 0.3) is 0 Å². The first kappa shape index (κ1) is 24.3. The fourth-order valence-electron chi connectivity index (χ4n) is 4.83. The number of carbonyl (C=O) groups is 1. The van der Waals surface area contributed by atoms with Gasteiger partial charge in [0, 0.05) is 31.0 Å². The lowest BCUT2D eigenvalue weighted by atomic mass is 9.90. The van der Waals surface area contributed by atoms with Gasteiger partial charge in [0.2, 0.25) is 5.91 Å². The number of hydrogen-bond acceptors (Lipinski definition) is 5. The lowest BCUT2D eigenvalue weighted by Crippen LogP contribution is -2.42. The topological polar surface area (TPSA) is 63.9 Å². The molecule has 2 aromatic heterocycles. The molecule has 0 saturated carbocycles. The first-order chi connectivity index (χ1) is 17.6. The van der Waals surface area contributed by atoms with E-state index in [2.05, 4.69) is 64.6 Å². The molecule has 1 aliphatic rings. The molecule has 1 fully saturated rings. The van der Waals surface area contributed by atoms with E-state index >= 15 is 0 Å². The normalized spacial score (nSPS) is 15.1. The molecule has 1 amide bonds. The van der Waals surface area contributed by atoms with Crippen LogP contribution in [0.5, 0.6) is 0 Å². The lowest BCUT2D eigenvalue weighted by molar-refractivity contribution is -0.131. The molecule has 2 aromatic carbocycles. The van der Waals surface area contributed by atoms with Crippen molar-refractivity contribution in [2.45, 2.75) is 43.5 Å².